The molecule has 0 N–H and O–H groups in total. The summed E-state index contributed by atoms with van der Waals surface area (Å²) in [6.07, 6.45) is 6.59. The average Bonchev–Trinajstić information content (AvgIpc) is 3.23. The first-order valence-electron chi connectivity index (χ1n) is 19.7. The highest BCUT2D eigenvalue weighted by molar-refractivity contribution is 5.85. The maximum Gasteiger partial charge on any atom is 0.164 e. The Labute approximate surface area is 324 Å². The van der Waals surface area contributed by atoms with Crippen LogP contribution in [0.25, 0.3) is 67.5 Å². The number of hydrogen-bond donors (Lipinski definition) is 0. The van der Waals surface area contributed by atoms with Crippen molar-refractivity contribution in [1.29, 1.82) is 5.26 Å². The lowest BCUT2D eigenvalue weighted by Gasteiger charge is -2.50. The van der Waals surface area contributed by atoms with Crippen molar-refractivity contribution in [3.63, 3.8) is 0 Å². The largest absolute Gasteiger partial charge is 0.208 e. The van der Waals surface area contributed by atoms with Crippen molar-refractivity contribution in [2.24, 2.45) is 17.8 Å². The summed E-state index contributed by atoms with van der Waals surface area (Å²) < 4.78 is 0. The van der Waals surface area contributed by atoms with E-state index < -0.39 is 0 Å². The van der Waals surface area contributed by atoms with Crippen molar-refractivity contribution in [3.8, 4) is 73.6 Å². The zero-order valence-electron chi connectivity index (χ0n) is 31.5. The van der Waals surface area contributed by atoms with Gasteiger partial charge in [-0.1, -0.05) is 141 Å². The molecular formula is C51H44N4. The molecule has 6 aromatic carbocycles. The summed E-state index contributed by atoms with van der Waals surface area (Å²) >= 11 is 0. The van der Waals surface area contributed by atoms with E-state index in [0.717, 1.165) is 67.8 Å². The van der Waals surface area contributed by atoms with Crippen molar-refractivity contribution in [2.75, 3.05) is 0 Å². The van der Waals surface area contributed by atoms with Gasteiger partial charge >= 0.3 is 0 Å². The topological polar surface area (TPSA) is 62.5 Å². The Morgan fingerprint density at radius 1 is 0.473 bits per heavy atom. The number of nitriles is 1. The molecule has 268 valence electrons. The van der Waals surface area contributed by atoms with E-state index in [4.69, 9.17) is 15.0 Å². The molecule has 1 aromatic heterocycles. The Morgan fingerprint density at radius 3 is 1.58 bits per heavy atom. The molecule has 1 heterocycles. The molecule has 0 aliphatic heterocycles. The first kappa shape index (κ1) is 34.6. The highest BCUT2D eigenvalue weighted by atomic mass is 15.0. The molecular weight excluding hydrogens is 669 g/mol. The molecule has 0 spiro atoms. The molecule has 2 saturated carbocycles. The van der Waals surface area contributed by atoms with Gasteiger partial charge in [-0.15, -0.1) is 0 Å². The second-order valence-electron chi connectivity index (χ2n) is 16.1. The van der Waals surface area contributed by atoms with Crippen molar-refractivity contribution in [2.45, 2.75) is 51.4 Å². The molecule has 2 aliphatic rings. The van der Waals surface area contributed by atoms with Crippen LogP contribution in [0.5, 0.6) is 0 Å². The molecule has 2 fully saturated rings. The summed E-state index contributed by atoms with van der Waals surface area (Å²) in [5, 5.41) is 9.60. The smallest absolute Gasteiger partial charge is 0.164 e. The summed E-state index contributed by atoms with van der Waals surface area (Å²) in [6.45, 7) is 4.90. The van der Waals surface area contributed by atoms with Gasteiger partial charge < -0.3 is 0 Å². The summed E-state index contributed by atoms with van der Waals surface area (Å²) in [6, 6.07) is 55.0. The van der Waals surface area contributed by atoms with E-state index in [1.807, 2.05) is 30.3 Å². The monoisotopic (exact) mass is 712 g/mol. The van der Waals surface area contributed by atoms with Gasteiger partial charge in [0.2, 0.25) is 0 Å². The Kier molecular flexibility index (Phi) is 9.16. The van der Waals surface area contributed by atoms with Crippen LogP contribution in [-0.4, -0.2) is 15.0 Å². The lowest BCUT2D eigenvalue weighted by Crippen LogP contribution is -2.42. The van der Waals surface area contributed by atoms with Crippen LogP contribution >= 0.6 is 0 Å². The molecule has 4 heteroatoms. The third-order valence-electron chi connectivity index (χ3n) is 11.9. The predicted octanol–water partition coefficient (Wildman–Crippen LogP) is 12.8. The van der Waals surface area contributed by atoms with Crippen LogP contribution in [0, 0.1) is 29.1 Å². The van der Waals surface area contributed by atoms with Crippen molar-refractivity contribution < 1.29 is 0 Å². The Morgan fingerprint density at radius 2 is 0.964 bits per heavy atom. The SMILES string of the molecule is C[C@@H]1CC2C[C@H](C)CC(c3ccc(-c4nc(-c5cccc(-c6ccccc6)c5)nc(-c5cccc(-c6ccccc6-c6cccc(C#N)c6)c5)n4)cc3)(C2)C1. The summed E-state index contributed by atoms with van der Waals surface area (Å²) in [7, 11) is 0. The molecule has 2 aliphatic carbocycles. The average molecular weight is 713 g/mol. The highest BCUT2D eigenvalue weighted by Gasteiger charge is 2.45. The molecule has 7 aromatic rings. The molecule has 0 radical (unpaired) electrons. The molecule has 2 unspecified atom stereocenters. The Balaban J connectivity index is 1.14. The second kappa shape index (κ2) is 14.6. The standard InChI is InChI=1S/C51H44N4/c1-34-25-37-26-35(2)31-51(30-34,32-37)45-23-21-39(22-24-45)48-53-49(43-17-9-14-40(28-43)38-12-4-3-5-13-38)55-50(54-48)44-18-10-16-42(29-44)47-20-7-6-19-46(47)41-15-8-11-36(27-41)33-52/h3-24,27-29,34-35,37H,25-26,30-32H2,1-2H3/t34-,35+,37?,51?. The normalized spacial score (nSPS) is 20.4. The van der Waals surface area contributed by atoms with Crippen molar-refractivity contribution in [3.05, 3.63) is 163 Å². The van der Waals surface area contributed by atoms with Crippen LogP contribution in [0.4, 0.5) is 0 Å². The molecule has 0 saturated heterocycles. The van der Waals surface area contributed by atoms with Gasteiger partial charge in [-0.3, -0.25) is 0 Å². The van der Waals surface area contributed by atoms with Gasteiger partial charge in [-0.2, -0.15) is 5.26 Å². The zero-order chi connectivity index (χ0) is 37.4. The van der Waals surface area contributed by atoms with E-state index in [9.17, 15) is 5.26 Å². The van der Waals surface area contributed by atoms with Crippen LogP contribution in [0.3, 0.4) is 0 Å². The minimum absolute atomic E-state index is 0.262. The summed E-state index contributed by atoms with van der Waals surface area (Å²) in [5.74, 6) is 4.29. The first-order valence-corrected chi connectivity index (χ1v) is 19.7. The van der Waals surface area contributed by atoms with E-state index in [1.165, 1.54) is 37.7 Å². The molecule has 0 amide bonds. The number of nitrogens with zero attached hydrogens (tertiary/aromatic N) is 4. The van der Waals surface area contributed by atoms with Gasteiger partial charge in [-0.25, -0.2) is 15.0 Å². The van der Waals surface area contributed by atoms with Gasteiger partial charge in [0.25, 0.3) is 0 Å². The van der Waals surface area contributed by atoms with Gasteiger partial charge in [0.1, 0.15) is 0 Å². The number of hydrogen-bond acceptors (Lipinski definition) is 4. The Hall–Kier alpha value is -6.18. The van der Waals surface area contributed by atoms with Gasteiger partial charge in [-0.05, 0) is 118 Å². The maximum atomic E-state index is 9.60. The fourth-order valence-corrected chi connectivity index (χ4v) is 9.83. The quantitative estimate of drug-likeness (QED) is 0.165. The molecule has 4 atom stereocenters. The van der Waals surface area contributed by atoms with Crippen LogP contribution in [0.15, 0.2) is 152 Å². The predicted molar refractivity (Wildman–Crippen MR) is 224 cm³/mol. The Bertz CT molecular complexity index is 2510. The van der Waals surface area contributed by atoms with E-state index in [-0.39, 0.29) is 5.41 Å². The maximum absolute atomic E-state index is 9.60. The van der Waals surface area contributed by atoms with Gasteiger partial charge in [0, 0.05) is 16.7 Å². The van der Waals surface area contributed by atoms with Gasteiger partial charge in [0.15, 0.2) is 17.5 Å². The van der Waals surface area contributed by atoms with Crippen LogP contribution in [0.1, 0.15) is 57.1 Å². The third kappa shape index (κ3) is 6.99. The highest BCUT2D eigenvalue weighted by Crippen LogP contribution is 2.54. The summed E-state index contributed by atoms with van der Waals surface area (Å²) in [5.41, 5.74) is 11.7. The van der Waals surface area contributed by atoms with E-state index in [2.05, 4.69) is 141 Å². The lowest BCUT2D eigenvalue weighted by atomic mass is 9.54. The fourth-order valence-electron chi connectivity index (χ4n) is 9.83. The first-order chi connectivity index (χ1) is 26.9. The number of aromatic nitrogens is 3. The van der Waals surface area contributed by atoms with Crippen LogP contribution in [-0.2, 0) is 5.41 Å². The van der Waals surface area contributed by atoms with Gasteiger partial charge in [0.05, 0.1) is 11.6 Å². The number of fused-ring (bicyclic) bond motifs is 2. The minimum Gasteiger partial charge on any atom is -0.208 e. The molecule has 55 heavy (non-hydrogen) atoms. The molecule has 4 nitrogen and oxygen atoms in total. The lowest BCUT2D eigenvalue weighted by molar-refractivity contribution is 0.0780. The molecule has 9 rings (SSSR count). The number of rotatable bonds is 7. The van der Waals surface area contributed by atoms with E-state index in [0.29, 0.717) is 23.0 Å². The fraction of sp³-hybridized carbons (Fsp3) is 0.216. The van der Waals surface area contributed by atoms with E-state index in [1.54, 1.807) is 0 Å². The number of benzene rings is 6. The van der Waals surface area contributed by atoms with Crippen molar-refractivity contribution >= 4 is 0 Å². The minimum atomic E-state index is 0.262. The van der Waals surface area contributed by atoms with Crippen LogP contribution in [0.2, 0.25) is 0 Å². The van der Waals surface area contributed by atoms with Crippen molar-refractivity contribution in [1.82, 2.24) is 15.0 Å². The van der Waals surface area contributed by atoms with E-state index >= 15 is 0 Å². The van der Waals surface area contributed by atoms with Crippen LogP contribution < -0.4 is 0 Å². The molecule has 2 bridgehead atoms. The third-order valence-corrected chi connectivity index (χ3v) is 11.9. The summed E-state index contributed by atoms with van der Waals surface area (Å²) in [4.78, 5) is 15.5. The zero-order valence-corrected chi connectivity index (χ0v) is 31.5. The second-order valence-corrected chi connectivity index (χ2v) is 16.1.